The van der Waals surface area contributed by atoms with Gasteiger partial charge in [0.1, 0.15) is 23.7 Å². The monoisotopic (exact) mass is 554 g/mol. The maximum Gasteiger partial charge on any atom is 0.335 e. The largest absolute Gasteiger partial charge is 0.488 e. The van der Waals surface area contributed by atoms with Crippen LogP contribution in [0, 0.1) is 5.82 Å². The van der Waals surface area contributed by atoms with E-state index in [1.54, 1.807) is 36.4 Å². The average molecular weight is 555 g/mol. The van der Waals surface area contributed by atoms with Gasteiger partial charge < -0.3 is 9.84 Å². The standard InChI is InChI=1S/C25H16BrFN2O5S/c26-17-8-9-21(34-13-15-4-1-2-7-20(15)27)16(10-17)12-19-22(30)28-25(35)29(23(19)31)18-6-3-5-14(11-18)24(32)33/h1-12H,13H2,(H,32,33)(H,28,30,35). The molecule has 1 aliphatic rings. The Morgan fingerprint density at radius 3 is 2.63 bits per heavy atom. The van der Waals surface area contributed by atoms with E-state index in [0.29, 0.717) is 21.3 Å². The summed E-state index contributed by atoms with van der Waals surface area (Å²) in [4.78, 5) is 38.4. The molecule has 176 valence electrons. The van der Waals surface area contributed by atoms with Crippen LogP contribution in [0.1, 0.15) is 21.5 Å². The van der Waals surface area contributed by atoms with Crippen LogP contribution >= 0.6 is 28.1 Å². The number of hydrogen-bond acceptors (Lipinski definition) is 5. The lowest BCUT2D eigenvalue weighted by Crippen LogP contribution is -2.54. The summed E-state index contributed by atoms with van der Waals surface area (Å²) in [5, 5.41) is 11.6. The van der Waals surface area contributed by atoms with Crippen molar-refractivity contribution >= 4 is 62.8 Å². The van der Waals surface area contributed by atoms with Crippen LogP contribution in [0.2, 0.25) is 0 Å². The van der Waals surface area contributed by atoms with Gasteiger partial charge in [-0.25, -0.2) is 9.18 Å². The SMILES string of the molecule is O=C1NC(=S)N(c2cccc(C(=O)O)c2)C(=O)C1=Cc1cc(Br)ccc1OCc1ccccc1F. The van der Waals surface area contributed by atoms with Gasteiger partial charge in [0, 0.05) is 15.6 Å². The number of rotatable bonds is 6. The van der Waals surface area contributed by atoms with Crippen molar-refractivity contribution in [2.24, 2.45) is 0 Å². The van der Waals surface area contributed by atoms with Crippen molar-refractivity contribution in [1.29, 1.82) is 0 Å². The first kappa shape index (κ1) is 24.2. The van der Waals surface area contributed by atoms with Crippen LogP contribution in [0.3, 0.4) is 0 Å². The number of carbonyl (C=O) groups excluding carboxylic acids is 2. The summed E-state index contributed by atoms with van der Waals surface area (Å²) >= 11 is 8.54. The number of halogens is 2. The van der Waals surface area contributed by atoms with Crippen LogP contribution in [0.15, 0.2) is 76.8 Å². The van der Waals surface area contributed by atoms with Gasteiger partial charge >= 0.3 is 5.97 Å². The molecule has 0 saturated carbocycles. The van der Waals surface area contributed by atoms with Gasteiger partial charge in [-0.2, -0.15) is 0 Å². The quantitative estimate of drug-likeness (QED) is 0.260. The lowest BCUT2D eigenvalue weighted by molar-refractivity contribution is -0.122. The van der Waals surface area contributed by atoms with E-state index in [0.717, 1.165) is 4.90 Å². The Morgan fingerprint density at radius 1 is 1.11 bits per heavy atom. The molecule has 0 aliphatic carbocycles. The second-order valence-corrected chi connectivity index (χ2v) is 8.68. The van der Waals surface area contributed by atoms with Crippen LogP contribution in [0.25, 0.3) is 6.08 Å². The van der Waals surface area contributed by atoms with Crippen LogP contribution in [0.5, 0.6) is 5.75 Å². The molecular formula is C25H16BrFN2O5S. The smallest absolute Gasteiger partial charge is 0.335 e. The van der Waals surface area contributed by atoms with Gasteiger partial charge in [-0.05, 0) is 60.8 Å². The van der Waals surface area contributed by atoms with Crippen molar-refractivity contribution in [3.63, 3.8) is 0 Å². The van der Waals surface area contributed by atoms with Crippen molar-refractivity contribution in [1.82, 2.24) is 5.32 Å². The molecule has 0 spiro atoms. The maximum absolute atomic E-state index is 14.0. The highest BCUT2D eigenvalue weighted by Crippen LogP contribution is 2.29. The first-order valence-electron chi connectivity index (χ1n) is 10.1. The molecule has 0 bridgehead atoms. The lowest BCUT2D eigenvalue weighted by atomic mass is 10.1. The summed E-state index contributed by atoms with van der Waals surface area (Å²) in [6, 6.07) is 16.8. The van der Waals surface area contributed by atoms with E-state index in [1.807, 2.05) is 0 Å². The Labute approximate surface area is 212 Å². The summed E-state index contributed by atoms with van der Waals surface area (Å²) in [6.45, 7) is -0.0667. The summed E-state index contributed by atoms with van der Waals surface area (Å²) in [7, 11) is 0. The second kappa shape index (κ2) is 10.2. The number of anilines is 1. The summed E-state index contributed by atoms with van der Waals surface area (Å²) in [6.07, 6.45) is 1.34. The molecule has 1 aliphatic heterocycles. The fourth-order valence-electron chi connectivity index (χ4n) is 3.36. The minimum absolute atomic E-state index is 0.0450. The molecule has 3 aromatic carbocycles. The predicted molar refractivity (Wildman–Crippen MR) is 134 cm³/mol. The fraction of sp³-hybridized carbons (Fsp3) is 0.0400. The molecule has 3 aromatic rings. The molecule has 35 heavy (non-hydrogen) atoms. The van der Waals surface area contributed by atoms with Crippen LogP contribution in [-0.2, 0) is 16.2 Å². The van der Waals surface area contributed by atoms with Crippen molar-refractivity contribution in [2.75, 3.05) is 4.90 Å². The third-order valence-corrected chi connectivity index (χ3v) is 5.84. The highest BCUT2D eigenvalue weighted by molar-refractivity contribution is 9.10. The number of amides is 2. The number of thiocarbonyl (C=S) groups is 1. The van der Waals surface area contributed by atoms with E-state index in [2.05, 4.69) is 21.2 Å². The van der Waals surface area contributed by atoms with Crippen LogP contribution in [0.4, 0.5) is 10.1 Å². The highest BCUT2D eigenvalue weighted by atomic mass is 79.9. The molecule has 7 nitrogen and oxygen atoms in total. The number of nitrogens with one attached hydrogen (secondary N) is 1. The van der Waals surface area contributed by atoms with E-state index in [4.69, 9.17) is 17.0 Å². The van der Waals surface area contributed by atoms with Gasteiger partial charge in [0.25, 0.3) is 11.8 Å². The molecule has 0 radical (unpaired) electrons. The lowest BCUT2D eigenvalue weighted by Gasteiger charge is -2.29. The molecule has 4 rings (SSSR count). The second-order valence-electron chi connectivity index (χ2n) is 7.38. The zero-order valence-electron chi connectivity index (χ0n) is 17.8. The predicted octanol–water partition coefficient (Wildman–Crippen LogP) is 4.70. The number of carbonyl (C=O) groups is 3. The number of nitrogens with zero attached hydrogens (tertiary/aromatic N) is 1. The topological polar surface area (TPSA) is 95.9 Å². The molecule has 1 heterocycles. The zero-order valence-corrected chi connectivity index (χ0v) is 20.2. The van der Waals surface area contributed by atoms with Gasteiger partial charge in [-0.15, -0.1) is 0 Å². The van der Waals surface area contributed by atoms with Gasteiger partial charge in [0.15, 0.2) is 5.11 Å². The van der Waals surface area contributed by atoms with Crippen molar-refractivity contribution in [3.05, 3.63) is 99.3 Å². The number of carboxylic acids is 1. The third-order valence-electron chi connectivity index (χ3n) is 5.07. The Kier molecular flexibility index (Phi) is 7.04. The van der Waals surface area contributed by atoms with Gasteiger partial charge in [0.05, 0.1) is 11.3 Å². The fourth-order valence-corrected chi connectivity index (χ4v) is 4.02. The molecule has 0 aromatic heterocycles. The molecule has 10 heteroatoms. The Morgan fingerprint density at radius 2 is 1.89 bits per heavy atom. The van der Waals surface area contributed by atoms with Crippen molar-refractivity contribution in [3.8, 4) is 5.75 Å². The van der Waals surface area contributed by atoms with E-state index >= 15 is 0 Å². The third kappa shape index (κ3) is 5.28. The number of benzene rings is 3. The number of aromatic carboxylic acids is 1. The number of hydrogen-bond donors (Lipinski definition) is 2. The highest BCUT2D eigenvalue weighted by Gasteiger charge is 2.35. The first-order valence-corrected chi connectivity index (χ1v) is 11.4. The van der Waals surface area contributed by atoms with E-state index < -0.39 is 23.6 Å². The zero-order chi connectivity index (χ0) is 25.1. The van der Waals surface area contributed by atoms with E-state index in [9.17, 15) is 23.9 Å². The molecule has 1 saturated heterocycles. The summed E-state index contributed by atoms with van der Waals surface area (Å²) in [5.74, 6) is -2.73. The maximum atomic E-state index is 14.0. The number of carboxylic acid groups (broad SMARTS) is 1. The molecule has 2 amide bonds. The number of ether oxygens (including phenoxy) is 1. The van der Waals surface area contributed by atoms with Gasteiger partial charge in [-0.1, -0.05) is 40.2 Å². The summed E-state index contributed by atoms with van der Waals surface area (Å²) in [5.41, 5.74) is 0.636. The van der Waals surface area contributed by atoms with Crippen LogP contribution < -0.4 is 15.0 Å². The summed E-state index contributed by atoms with van der Waals surface area (Å²) < 4.78 is 20.5. The first-order chi connectivity index (χ1) is 16.7. The van der Waals surface area contributed by atoms with Crippen LogP contribution in [-0.4, -0.2) is 28.0 Å². The average Bonchev–Trinajstić information content (AvgIpc) is 2.82. The molecule has 1 fully saturated rings. The van der Waals surface area contributed by atoms with E-state index in [1.165, 1.54) is 36.4 Å². The van der Waals surface area contributed by atoms with E-state index in [-0.39, 0.29) is 28.5 Å². The molecule has 0 atom stereocenters. The molecule has 2 N–H and O–H groups in total. The Balaban J connectivity index is 1.69. The van der Waals surface area contributed by atoms with Gasteiger partial charge in [-0.3, -0.25) is 19.8 Å². The normalized spacial score (nSPS) is 14.7. The van der Waals surface area contributed by atoms with Crippen molar-refractivity contribution < 1.29 is 28.6 Å². The van der Waals surface area contributed by atoms with Gasteiger partial charge in [0.2, 0.25) is 0 Å². The Hall–Kier alpha value is -3.89. The Bertz CT molecular complexity index is 1410. The molecular weight excluding hydrogens is 539 g/mol. The minimum atomic E-state index is -1.17. The molecule has 0 unspecified atom stereocenters. The minimum Gasteiger partial charge on any atom is -0.488 e. The van der Waals surface area contributed by atoms with Crippen molar-refractivity contribution in [2.45, 2.75) is 6.61 Å².